The summed E-state index contributed by atoms with van der Waals surface area (Å²) in [5, 5.41) is 2.36. The molecule has 0 saturated carbocycles. The number of carbonyl (C=O) groups excluding carboxylic acids is 1. The summed E-state index contributed by atoms with van der Waals surface area (Å²) in [4.78, 5) is 11.3. The molecule has 2 aromatic carbocycles. The van der Waals surface area contributed by atoms with Crippen LogP contribution in [0.4, 0.5) is 0 Å². The zero-order valence-corrected chi connectivity index (χ0v) is 11.1. The predicted molar refractivity (Wildman–Crippen MR) is 74.2 cm³/mol. The molecule has 2 nitrogen and oxygen atoms in total. The van der Waals surface area contributed by atoms with Gasteiger partial charge in [-0.1, -0.05) is 37.3 Å². The van der Waals surface area contributed by atoms with Crippen molar-refractivity contribution in [3.63, 3.8) is 0 Å². The van der Waals surface area contributed by atoms with Gasteiger partial charge in [-0.3, -0.25) is 0 Å². The smallest absolute Gasteiger partial charge is 0.130 e. The molecule has 0 saturated heterocycles. The van der Waals surface area contributed by atoms with E-state index >= 15 is 0 Å². The molecule has 0 spiro atoms. The van der Waals surface area contributed by atoms with Crippen LogP contribution in [-0.4, -0.2) is 12.9 Å². The quantitative estimate of drug-likeness (QED) is 0.812. The van der Waals surface area contributed by atoms with Gasteiger partial charge in [-0.15, -0.1) is 0 Å². The summed E-state index contributed by atoms with van der Waals surface area (Å²) < 4.78 is 5.44. The molecular formula is C16H18O2. The highest BCUT2D eigenvalue weighted by Crippen LogP contribution is 2.35. The monoisotopic (exact) mass is 242 g/mol. The van der Waals surface area contributed by atoms with E-state index in [0.29, 0.717) is 6.42 Å². The number of methoxy groups -OCH3 is 1. The van der Waals surface area contributed by atoms with Gasteiger partial charge in [0, 0.05) is 12.0 Å². The van der Waals surface area contributed by atoms with Crippen LogP contribution in [0.1, 0.15) is 31.7 Å². The first kappa shape index (κ1) is 12.6. The fourth-order valence-electron chi connectivity index (χ4n) is 2.50. The van der Waals surface area contributed by atoms with Crippen LogP contribution in [-0.2, 0) is 4.79 Å². The highest BCUT2D eigenvalue weighted by Gasteiger charge is 2.16. The minimum atomic E-state index is 0.170. The molecule has 0 heterocycles. The Hall–Kier alpha value is -1.83. The Kier molecular flexibility index (Phi) is 3.66. The van der Waals surface area contributed by atoms with Crippen molar-refractivity contribution < 1.29 is 9.53 Å². The van der Waals surface area contributed by atoms with Crippen molar-refractivity contribution in [3.05, 3.63) is 42.0 Å². The fourth-order valence-corrected chi connectivity index (χ4v) is 2.50. The third-order valence-corrected chi connectivity index (χ3v) is 3.24. The van der Waals surface area contributed by atoms with Gasteiger partial charge in [-0.25, -0.2) is 0 Å². The van der Waals surface area contributed by atoms with E-state index < -0.39 is 0 Å². The van der Waals surface area contributed by atoms with Crippen molar-refractivity contribution in [1.29, 1.82) is 0 Å². The van der Waals surface area contributed by atoms with E-state index in [9.17, 15) is 4.79 Å². The Morgan fingerprint density at radius 3 is 2.61 bits per heavy atom. The first-order valence-electron chi connectivity index (χ1n) is 6.18. The van der Waals surface area contributed by atoms with Gasteiger partial charge in [0.05, 0.1) is 7.11 Å². The minimum absolute atomic E-state index is 0.170. The minimum Gasteiger partial charge on any atom is -0.496 e. The van der Waals surface area contributed by atoms with Crippen molar-refractivity contribution in [2.75, 3.05) is 7.11 Å². The van der Waals surface area contributed by atoms with Crippen LogP contribution in [0, 0.1) is 0 Å². The van der Waals surface area contributed by atoms with Crippen molar-refractivity contribution in [3.8, 4) is 5.75 Å². The summed E-state index contributed by atoms with van der Waals surface area (Å²) in [5.41, 5.74) is 1.13. The van der Waals surface area contributed by atoms with E-state index in [1.54, 1.807) is 14.0 Å². The van der Waals surface area contributed by atoms with Crippen LogP contribution >= 0.6 is 0 Å². The predicted octanol–water partition coefficient (Wildman–Crippen LogP) is 3.93. The molecule has 0 aliphatic heterocycles. The van der Waals surface area contributed by atoms with E-state index in [-0.39, 0.29) is 11.7 Å². The van der Waals surface area contributed by atoms with Crippen LogP contribution in [0.2, 0.25) is 0 Å². The Morgan fingerprint density at radius 1 is 1.22 bits per heavy atom. The maximum Gasteiger partial charge on any atom is 0.130 e. The maximum atomic E-state index is 11.3. The van der Waals surface area contributed by atoms with Crippen molar-refractivity contribution in [2.24, 2.45) is 0 Å². The number of carbonyl (C=O) groups is 1. The molecule has 94 valence electrons. The van der Waals surface area contributed by atoms with Crippen molar-refractivity contribution in [1.82, 2.24) is 0 Å². The largest absolute Gasteiger partial charge is 0.496 e. The van der Waals surface area contributed by atoms with Gasteiger partial charge < -0.3 is 9.53 Å². The molecule has 2 aromatic rings. The van der Waals surface area contributed by atoms with E-state index in [0.717, 1.165) is 11.3 Å². The third kappa shape index (κ3) is 2.37. The summed E-state index contributed by atoms with van der Waals surface area (Å²) in [6.45, 7) is 3.71. The molecule has 1 unspecified atom stereocenters. The molecule has 0 aliphatic rings. The number of hydrogen-bond acceptors (Lipinski definition) is 2. The number of benzene rings is 2. The van der Waals surface area contributed by atoms with Gasteiger partial charge in [-0.05, 0) is 29.7 Å². The molecule has 18 heavy (non-hydrogen) atoms. The van der Waals surface area contributed by atoms with Gasteiger partial charge in [0.1, 0.15) is 11.5 Å². The SMILES string of the molecule is COc1ccc2ccccc2c1C(C)CC(C)=O. The Morgan fingerprint density at radius 2 is 1.94 bits per heavy atom. The number of rotatable bonds is 4. The second kappa shape index (κ2) is 5.21. The van der Waals surface area contributed by atoms with Crippen LogP contribution in [0.25, 0.3) is 10.8 Å². The number of hydrogen-bond donors (Lipinski definition) is 0. The molecular weight excluding hydrogens is 224 g/mol. The third-order valence-electron chi connectivity index (χ3n) is 3.24. The average molecular weight is 242 g/mol. The summed E-state index contributed by atoms with van der Waals surface area (Å²) in [5.74, 6) is 1.24. The lowest BCUT2D eigenvalue weighted by Crippen LogP contribution is -2.03. The lowest BCUT2D eigenvalue weighted by atomic mass is 9.90. The fraction of sp³-hybridized carbons (Fsp3) is 0.312. The standard InChI is InChI=1S/C16H18O2/c1-11(10-12(2)17)16-14-7-5-4-6-13(14)8-9-15(16)18-3/h4-9,11H,10H2,1-3H3. The van der Waals surface area contributed by atoms with Gasteiger partial charge in [-0.2, -0.15) is 0 Å². The molecule has 2 heteroatoms. The number of ether oxygens (including phenoxy) is 1. The summed E-state index contributed by atoms with van der Waals surface area (Å²) in [6.07, 6.45) is 0.546. The first-order valence-corrected chi connectivity index (χ1v) is 6.18. The topological polar surface area (TPSA) is 26.3 Å². The maximum absolute atomic E-state index is 11.3. The van der Waals surface area contributed by atoms with Crippen molar-refractivity contribution >= 4 is 16.6 Å². The molecule has 0 bridgehead atoms. The van der Waals surface area contributed by atoms with E-state index in [2.05, 4.69) is 25.1 Å². The highest BCUT2D eigenvalue weighted by molar-refractivity contribution is 5.89. The van der Waals surface area contributed by atoms with Gasteiger partial charge >= 0.3 is 0 Å². The van der Waals surface area contributed by atoms with Crippen LogP contribution < -0.4 is 4.74 Å². The van der Waals surface area contributed by atoms with Gasteiger partial charge in [0.25, 0.3) is 0 Å². The number of Topliss-reactive ketones (excluding diaryl/α,β-unsaturated/α-hetero) is 1. The van der Waals surface area contributed by atoms with Crippen molar-refractivity contribution in [2.45, 2.75) is 26.2 Å². The zero-order valence-electron chi connectivity index (χ0n) is 11.1. The lowest BCUT2D eigenvalue weighted by Gasteiger charge is -2.17. The molecule has 0 N–H and O–H groups in total. The average Bonchev–Trinajstić information content (AvgIpc) is 2.36. The molecule has 1 atom stereocenters. The number of ketones is 1. The second-order valence-corrected chi connectivity index (χ2v) is 4.71. The Balaban J connectivity index is 2.60. The normalized spacial score (nSPS) is 12.4. The Labute approximate surface area is 108 Å². The first-order chi connectivity index (χ1) is 8.63. The molecule has 2 rings (SSSR count). The van der Waals surface area contributed by atoms with Crippen LogP contribution in [0.5, 0.6) is 5.75 Å². The summed E-state index contributed by atoms with van der Waals surface area (Å²) in [7, 11) is 1.67. The van der Waals surface area contributed by atoms with E-state index in [1.165, 1.54) is 10.8 Å². The van der Waals surface area contributed by atoms with Gasteiger partial charge in [0.15, 0.2) is 0 Å². The zero-order chi connectivity index (χ0) is 13.1. The van der Waals surface area contributed by atoms with Gasteiger partial charge in [0.2, 0.25) is 0 Å². The molecule has 0 aliphatic carbocycles. The summed E-state index contributed by atoms with van der Waals surface area (Å²) in [6, 6.07) is 12.2. The Bertz CT molecular complexity index is 572. The molecule has 0 amide bonds. The molecule has 0 radical (unpaired) electrons. The van der Waals surface area contributed by atoms with E-state index in [1.807, 2.05) is 18.2 Å². The second-order valence-electron chi connectivity index (χ2n) is 4.71. The molecule has 0 fully saturated rings. The highest BCUT2D eigenvalue weighted by atomic mass is 16.5. The lowest BCUT2D eigenvalue weighted by molar-refractivity contribution is -0.117. The number of fused-ring (bicyclic) bond motifs is 1. The van der Waals surface area contributed by atoms with Crippen LogP contribution in [0.3, 0.4) is 0 Å². The van der Waals surface area contributed by atoms with Crippen LogP contribution in [0.15, 0.2) is 36.4 Å². The molecule has 0 aromatic heterocycles. The summed E-state index contributed by atoms with van der Waals surface area (Å²) >= 11 is 0. The van der Waals surface area contributed by atoms with E-state index in [4.69, 9.17) is 4.74 Å².